The summed E-state index contributed by atoms with van der Waals surface area (Å²) in [5, 5.41) is 5.12. The summed E-state index contributed by atoms with van der Waals surface area (Å²) < 4.78 is 25.0. The minimum absolute atomic E-state index is 0.0628. The molecule has 184 valence electrons. The van der Waals surface area contributed by atoms with Gasteiger partial charge in [0, 0.05) is 68.4 Å². The number of anilines is 1. The van der Waals surface area contributed by atoms with Crippen molar-refractivity contribution in [3.8, 4) is 0 Å². The van der Waals surface area contributed by atoms with Crippen LogP contribution in [0.5, 0.6) is 0 Å². The Hall–Kier alpha value is -1.71. The van der Waals surface area contributed by atoms with E-state index in [2.05, 4.69) is 5.32 Å². The third kappa shape index (κ3) is 5.91. The molecule has 2 saturated heterocycles. The predicted octanol–water partition coefficient (Wildman–Crippen LogP) is 4.47. The molecule has 11 heteroatoms. The summed E-state index contributed by atoms with van der Waals surface area (Å²) in [5.41, 5.74) is 1.99. The van der Waals surface area contributed by atoms with Gasteiger partial charge in [0.05, 0.1) is 16.3 Å². The number of nitrogens with one attached hydrogen (secondary N) is 1. The van der Waals surface area contributed by atoms with Crippen LogP contribution in [0.2, 0.25) is 15.1 Å². The summed E-state index contributed by atoms with van der Waals surface area (Å²) in [6.07, 6.45) is 1.20. The molecule has 0 bridgehead atoms. The summed E-state index contributed by atoms with van der Waals surface area (Å²) in [6, 6.07) is 13.1. The van der Waals surface area contributed by atoms with Crippen LogP contribution in [0.25, 0.3) is 0 Å². The normalized spacial score (nSPS) is 21.6. The van der Waals surface area contributed by atoms with Crippen LogP contribution in [-0.4, -0.2) is 80.6 Å². The second kappa shape index (κ2) is 10.5. The summed E-state index contributed by atoms with van der Waals surface area (Å²) in [4.78, 5) is 16.9. The molecule has 7 nitrogen and oxygen atoms in total. The first-order valence-electron chi connectivity index (χ1n) is 11.0. The van der Waals surface area contributed by atoms with Crippen LogP contribution in [-0.2, 0) is 10.0 Å². The summed E-state index contributed by atoms with van der Waals surface area (Å²) in [5.74, 6) is 0.227. The van der Waals surface area contributed by atoms with Crippen LogP contribution in [0.1, 0.15) is 11.5 Å². The van der Waals surface area contributed by atoms with Crippen LogP contribution < -0.4 is 5.32 Å². The van der Waals surface area contributed by atoms with Gasteiger partial charge >= 0.3 is 6.03 Å². The lowest BCUT2D eigenvalue weighted by molar-refractivity contribution is 0.141. The number of likely N-dealkylation sites (tertiary alicyclic amines) is 1. The number of halogens is 3. The van der Waals surface area contributed by atoms with Gasteiger partial charge < -0.3 is 15.1 Å². The predicted molar refractivity (Wildman–Crippen MR) is 138 cm³/mol. The number of nitrogens with zero attached hydrogens (tertiary/aromatic N) is 3. The minimum atomic E-state index is -3.25. The van der Waals surface area contributed by atoms with Gasteiger partial charge in [0.1, 0.15) is 0 Å². The Morgan fingerprint density at radius 3 is 2.24 bits per heavy atom. The van der Waals surface area contributed by atoms with Gasteiger partial charge in [0.25, 0.3) is 0 Å². The number of rotatable bonds is 5. The van der Waals surface area contributed by atoms with E-state index in [9.17, 15) is 13.2 Å². The van der Waals surface area contributed by atoms with Crippen molar-refractivity contribution in [3.63, 3.8) is 0 Å². The lowest BCUT2D eigenvalue weighted by atomic mass is 9.89. The number of carbonyl (C=O) groups is 1. The molecule has 0 radical (unpaired) electrons. The molecule has 2 aliphatic rings. The van der Waals surface area contributed by atoms with Gasteiger partial charge in [0.15, 0.2) is 0 Å². The van der Waals surface area contributed by atoms with Crippen molar-refractivity contribution in [2.45, 2.75) is 5.92 Å². The molecule has 0 aliphatic carbocycles. The zero-order chi connectivity index (χ0) is 24.5. The number of carbonyl (C=O) groups excluding carboxylic acids is 1. The van der Waals surface area contributed by atoms with Crippen LogP contribution in [0, 0.1) is 5.92 Å². The van der Waals surface area contributed by atoms with Gasteiger partial charge in [-0.25, -0.2) is 13.2 Å². The van der Waals surface area contributed by atoms with E-state index in [1.54, 1.807) is 11.0 Å². The van der Waals surface area contributed by atoms with Crippen molar-refractivity contribution in [1.29, 1.82) is 0 Å². The fraction of sp³-hybridized carbons (Fsp3) is 0.435. The number of benzene rings is 2. The molecule has 34 heavy (non-hydrogen) atoms. The zero-order valence-corrected chi connectivity index (χ0v) is 21.8. The minimum Gasteiger partial charge on any atom is -0.385 e. The first kappa shape index (κ1) is 25.4. The Morgan fingerprint density at radius 1 is 0.941 bits per heavy atom. The molecule has 2 aromatic rings. The highest BCUT2D eigenvalue weighted by molar-refractivity contribution is 7.88. The average molecular weight is 546 g/mol. The SMILES string of the molecule is CS(=O)(=O)N1CCN(C(=O)N2C[C@H](CNc3ccc(Cl)cc3)[C@@H](c3ccc(Cl)c(Cl)c3)C2)CC1. The maximum absolute atomic E-state index is 13.3. The topological polar surface area (TPSA) is 73.0 Å². The first-order chi connectivity index (χ1) is 16.1. The number of hydrogen-bond acceptors (Lipinski definition) is 4. The summed E-state index contributed by atoms with van der Waals surface area (Å²) in [7, 11) is -3.25. The van der Waals surface area contributed by atoms with E-state index in [-0.39, 0.29) is 17.9 Å². The molecule has 0 aromatic heterocycles. The first-order valence-corrected chi connectivity index (χ1v) is 14.0. The van der Waals surface area contributed by atoms with Crippen LogP contribution >= 0.6 is 34.8 Å². The number of amides is 2. The van der Waals surface area contributed by atoms with E-state index >= 15 is 0 Å². The second-order valence-electron chi connectivity index (χ2n) is 8.76. The Labute approximate surface area is 215 Å². The molecule has 2 heterocycles. The molecule has 0 spiro atoms. The average Bonchev–Trinajstić information content (AvgIpc) is 3.24. The van der Waals surface area contributed by atoms with Crippen molar-refractivity contribution < 1.29 is 13.2 Å². The Kier molecular flexibility index (Phi) is 7.84. The molecule has 4 rings (SSSR count). The molecule has 2 aliphatic heterocycles. The fourth-order valence-corrected chi connectivity index (χ4v) is 5.84. The maximum Gasteiger partial charge on any atom is 0.320 e. The third-order valence-electron chi connectivity index (χ3n) is 6.47. The number of urea groups is 1. The van der Waals surface area contributed by atoms with E-state index < -0.39 is 10.0 Å². The van der Waals surface area contributed by atoms with Crippen molar-refractivity contribution >= 4 is 56.5 Å². The lowest BCUT2D eigenvalue weighted by Gasteiger charge is -2.35. The monoisotopic (exact) mass is 544 g/mol. The van der Waals surface area contributed by atoms with Crippen molar-refractivity contribution in [1.82, 2.24) is 14.1 Å². The molecular weight excluding hydrogens is 519 g/mol. The van der Waals surface area contributed by atoms with E-state index in [1.807, 2.05) is 41.3 Å². The molecule has 2 atom stereocenters. The highest BCUT2D eigenvalue weighted by Gasteiger charge is 2.38. The summed E-state index contributed by atoms with van der Waals surface area (Å²) in [6.45, 7) is 3.19. The smallest absolute Gasteiger partial charge is 0.320 e. The number of hydrogen-bond donors (Lipinski definition) is 1. The maximum atomic E-state index is 13.3. The second-order valence-corrected chi connectivity index (χ2v) is 12.0. The molecule has 0 saturated carbocycles. The quantitative estimate of drug-likeness (QED) is 0.602. The molecule has 2 amide bonds. The molecule has 0 unspecified atom stereocenters. The number of sulfonamides is 1. The van der Waals surface area contributed by atoms with E-state index in [0.29, 0.717) is 60.9 Å². The van der Waals surface area contributed by atoms with Gasteiger partial charge in [-0.05, 0) is 42.0 Å². The van der Waals surface area contributed by atoms with Crippen LogP contribution in [0.4, 0.5) is 10.5 Å². The van der Waals surface area contributed by atoms with Gasteiger partial charge in [-0.15, -0.1) is 0 Å². The fourth-order valence-electron chi connectivity index (χ4n) is 4.58. The summed E-state index contributed by atoms with van der Waals surface area (Å²) >= 11 is 18.4. The Bertz CT molecular complexity index is 1140. The largest absolute Gasteiger partial charge is 0.385 e. The Balaban J connectivity index is 1.48. The van der Waals surface area contributed by atoms with Crippen LogP contribution in [0.3, 0.4) is 0 Å². The number of piperazine rings is 1. The molecule has 2 fully saturated rings. The highest BCUT2D eigenvalue weighted by Crippen LogP contribution is 2.36. The van der Waals surface area contributed by atoms with Crippen LogP contribution in [0.15, 0.2) is 42.5 Å². The van der Waals surface area contributed by atoms with E-state index in [4.69, 9.17) is 34.8 Å². The van der Waals surface area contributed by atoms with E-state index in [1.165, 1.54) is 10.6 Å². The van der Waals surface area contributed by atoms with Crippen molar-refractivity contribution in [2.24, 2.45) is 5.92 Å². The molecular formula is C23H27Cl3N4O3S. The molecule has 2 aromatic carbocycles. The van der Waals surface area contributed by atoms with Crippen molar-refractivity contribution in [2.75, 3.05) is 57.4 Å². The van der Waals surface area contributed by atoms with Gasteiger partial charge in [-0.1, -0.05) is 40.9 Å². The zero-order valence-electron chi connectivity index (χ0n) is 18.8. The van der Waals surface area contributed by atoms with Crippen molar-refractivity contribution in [3.05, 3.63) is 63.1 Å². The Morgan fingerprint density at radius 2 is 1.62 bits per heavy atom. The van der Waals surface area contributed by atoms with Gasteiger partial charge in [-0.3, -0.25) is 0 Å². The lowest BCUT2D eigenvalue weighted by Crippen LogP contribution is -2.53. The highest BCUT2D eigenvalue weighted by atomic mass is 35.5. The van der Waals surface area contributed by atoms with Gasteiger partial charge in [0.2, 0.25) is 10.0 Å². The molecule has 1 N–H and O–H groups in total. The van der Waals surface area contributed by atoms with Gasteiger partial charge in [-0.2, -0.15) is 4.31 Å². The standard InChI is InChI=1S/C23H27Cl3N4O3S/c1-34(32,33)30-10-8-28(9-11-30)23(31)29-14-17(13-27-19-5-3-18(24)4-6-19)20(15-29)16-2-7-21(25)22(26)12-16/h2-7,12,17,20,27H,8-11,13-15H2,1H3/t17-,20+/m0/s1. The third-order valence-corrected chi connectivity index (χ3v) is 8.77. The van der Waals surface area contributed by atoms with E-state index in [0.717, 1.165) is 11.3 Å².